The third-order valence-electron chi connectivity index (χ3n) is 5.35. The normalized spacial score (nSPS) is 26.2. The predicted octanol–water partition coefficient (Wildman–Crippen LogP) is 4.04. The van der Waals surface area contributed by atoms with E-state index in [1.807, 2.05) is 6.92 Å². The van der Waals surface area contributed by atoms with Gasteiger partial charge in [-0.3, -0.25) is 0 Å². The molecule has 3 heteroatoms. The van der Waals surface area contributed by atoms with Gasteiger partial charge < -0.3 is 10.2 Å². The minimum Gasteiger partial charge on any atom is -0.371 e. The molecule has 1 aliphatic heterocycles. The topological polar surface area (TPSA) is 15.3 Å². The van der Waals surface area contributed by atoms with Gasteiger partial charge in [0.15, 0.2) is 0 Å². The molecular weight excluding hydrogens is 263 g/mol. The van der Waals surface area contributed by atoms with Crippen LogP contribution in [-0.2, 0) is 0 Å². The molecule has 116 valence electrons. The van der Waals surface area contributed by atoms with E-state index in [2.05, 4.69) is 30.1 Å². The quantitative estimate of drug-likeness (QED) is 0.900. The first-order chi connectivity index (χ1) is 10.1. The summed E-state index contributed by atoms with van der Waals surface area (Å²) in [7, 11) is 0. The number of rotatable bonds is 4. The first-order valence-corrected chi connectivity index (χ1v) is 8.38. The molecule has 1 saturated heterocycles. The highest BCUT2D eigenvalue weighted by Crippen LogP contribution is 2.41. The van der Waals surface area contributed by atoms with Crippen LogP contribution in [0.5, 0.6) is 0 Å². The van der Waals surface area contributed by atoms with Gasteiger partial charge in [-0.25, -0.2) is 4.39 Å². The molecule has 0 spiro atoms. The van der Waals surface area contributed by atoms with Crippen molar-refractivity contribution in [1.29, 1.82) is 0 Å². The van der Waals surface area contributed by atoms with Gasteiger partial charge in [-0.2, -0.15) is 0 Å². The molecule has 3 unspecified atom stereocenters. The van der Waals surface area contributed by atoms with Crippen LogP contribution in [0.15, 0.2) is 12.1 Å². The summed E-state index contributed by atoms with van der Waals surface area (Å²) in [5.41, 5.74) is 3.12. The second-order valence-electron chi connectivity index (χ2n) is 6.80. The Morgan fingerprint density at radius 3 is 2.57 bits per heavy atom. The van der Waals surface area contributed by atoms with Crippen molar-refractivity contribution in [3.63, 3.8) is 0 Å². The molecule has 3 rings (SSSR count). The molecule has 1 aliphatic carbocycles. The van der Waals surface area contributed by atoms with Crippen LogP contribution < -0.4 is 10.2 Å². The van der Waals surface area contributed by atoms with Crippen molar-refractivity contribution in [2.75, 3.05) is 24.5 Å². The molecule has 1 aromatic rings. The Morgan fingerprint density at radius 2 is 1.95 bits per heavy atom. The van der Waals surface area contributed by atoms with Gasteiger partial charge in [0.25, 0.3) is 0 Å². The van der Waals surface area contributed by atoms with Crippen LogP contribution in [-0.4, -0.2) is 19.6 Å². The molecule has 0 radical (unpaired) electrons. The van der Waals surface area contributed by atoms with E-state index in [0.29, 0.717) is 0 Å². The molecule has 2 fully saturated rings. The zero-order valence-electron chi connectivity index (χ0n) is 13.5. The summed E-state index contributed by atoms with van der Waals surface area (Å²) in [4.78, 5) is 2.50. The van der Waals surface area contributed by atoms with Gasteiger partial charge in [0.1, 0.15) is 5.82 Å². The van der Waals surface area contributed by atoms with E-state index in [1.54, 1.807) is 6.07 Å². The van der Waals surface area contributed by atoms with Gasteiger partial charge in [0.05, 0.1) is 0 Å². The van der Waals surface area contributed by atoms with Gasteiger partial charge in [-0.05, 0) is 68.3 Å². The lowest BCUT2D eigenvalue weighted by atomic mass is 10.0. The summed E-state index contributed by atoms with van der Waals surface area (Å²) in [6.07, 6.45) is 4.14. The minimum absolute atomic E-state index is 0.0853. The highest BCUT2D eigenvalue weighted by atomic mass is 19.1. The monoisotopic (exact) mass is 290 g/mol. The van der Waals surface area contributed by atoms with E-state index < -0.39 is 0 Å². The molecule has 1 aromatic carbocycles. The fourth-order valence-corrected chi connectivity index (χ4v) is 4.15. The van der Waals surface area contributed by atoms with Crippen molar-refractivity contribution < 1.29 is 4.39 Å². The number of benzene rings is 1. The van der Waals surface area contributed by atoms with E-state index in [0.717, 1.165) is 42.6 Å². The maximum absolute atomic E-state index is 14.0. The van der Waals surface area contributed by atoms with Crippen molar-refractivity contribution in [2.45, 2.75) is 46.1 Å². The summed E-state index contributed by atoms with van der Waals surface area (Å²) in [6.45, 7) is 9.32. The maximum Gasteiger partial charge on any atom is 0.126 e. The lowest BCUT2D eigenvalue weighted by molar-refractivity contribution is 0.494. The number of anilines is 1. The van der Waals surface area contributed by atoms with Crippen molar-refractivity contribution >= 4 is 5.69 Å². The first-order valence-electron chi connectivity index (χ1n) is 8.38. The van der Waals surface area contributed by atoms with Crippen LogP contribution in [0.25, 0.3) is 0 Å². The van der Waals surface area contributed by atoms with Crippen LogP contribution in [0.3, 0.4) is 0 Å². The molecule has 1 N–H and O–H groups in total. The molecule has 3 atom stereocenters. The number of nitrogens with one attached hydrogen (secondary N) is 1. The van der Waals surface area contributed by atoms with Gasteiger partial charge >= 0.3 is 0 Å². The first kappa shape index (κ1) is 14.8. The van der Waals surface area contributed by atoms with Crippen LogP contribution in [0.2, 0.25) is 0 Å². The zero-order chi connectivity index (χ0) is 15.0. The lowest BCUT2D eigenvalue weighted by Crippen LogP contribution is -2.26. The summed E-state index contributed by atoms with van der Waals surface area (Å²) >= 11 is 0. The van der Waals surface area contributed by atoms with E-state index >= 15 is 0 Å². The molecule has 1 heterocycles. The van der Waals surface area contributed by atoms with Crippen LogP contribution in [0.1, 0.15) is 50.3 Å². The zero-order valence-corrected chi connectivity index (χ0v) is 13.5. The number of hydrogen-bond acceptors (Lipinski definition) is 2. The van der Waals surface area contributed by atoms with Crippen LogP contribution in [0, 0.1) is 24.6 Å². The Balaban J connectivity index is 1.91. The molecule has 0 aromatic heterocycles. The molecule has 1 saturated carbocycles. The minimum atomic E-state index is -0.0853. The summed E-state index contributed by atoms with van der Waals surface area (Å²) in [5.74, 6) is 1.63. The number of fused-ring (bicyclic) bond motifs is 1. The van der Waals surface area contributed by atoms with Crippen molar-refractivity contribution in [2.24, 2.45) is 11.8 Å². The lowest BCUT2D eigenvalue weighted by Gasteiger charge is -2.26. The van der Waals surface area contributed by atoms with Gasteiger partial charge in [-0.1, -0.05) is 13.3 Å². The summed E-state index contributed by atoms with van der Waals surface area (Å²) in [6, 6.07) is 3.99. The molecule has 2 nitrogen and oxygen atoms in total. The second kappa shape index (κ2) is 5.96. The number of halogens is 1. The summed E-state index contributed by atoms with van der Waals surface area (Å²) < 4.78 is 14.0. The van der Waals surface area contributed by atoms with Crippen molar-refractivity contribution in [3.05, 3.63) is 29.1 Å². The Labute approximate surface area is 127 Å². The highest BCUT2D eigenvalue weighted by molar-refractivity contribution is 5.58. The van der Waals surface area contributed by atoms with Gasteiger partial charge in [0.2, 0.25) is 0 Å². The Kier molecular flexibility index (Phi) is 4.21. The predicted molar refractivity (Wildman–Crippen MR) is 86.3 cm³/mol. The standard InChI is InChI=1S/C18H27FN2/c1-4-20-13(3)16-9-17(19)12(2)8-18(16)21-10-14-6-5-7-15(14)11-21/h8-9,13-15,20H,4-7,10-11H2,1-3H3. The molecular formula is C18H27FN2. The fraction of sp³-hybridized carbons (Fsp3) is 0.667. The Hall–Kier alpha value is -1.09. The van der Waals surface area contributed by atoms with E-state index in [9.17, 15) is 4.39 Å². The highest BCUT2D eigenvalue weighted by Gasteiger charge is 2.37. The number of aryl methyl sites for hydroxylation is 1. The number of hydrogen-bond donors (Lipinski definition) is 1. The fourth-order valence-electron chi connectivity index (χ4n) is 4.15. The van der Waals surface area contributed by atoms with Crippen LogP contribution in [0.4, 0.5) is 10.1 Å². The molecule has 0 amide bonds. The Bertz CT molecular complexity index is 502. The van der Waals surface area contributed by atoms with Crippen molar-refractivity contribution in [1.82, 2.24) is 5.32 Å². The van der Waals surface area contributed by atoms with E-state index in [4.69, 9.17) is 0 Å². The summed E-state index contributed by atoms with van der Waals surface area (Å²) in [5, 5.41) is 3.43. The third kappa shape index (κ3) is 2.80. The average Bonchev–Trinajstić information content (AvgIpc) is 3.02. The van der Waals surface area contributed by atoms with Gasteiger partial charge in [0, 0.05) is 24.8 Å². The largest absolute Gasteiger partial charge is 0.371 e. The molecule has 2 aliphatic rings. The third-order valence-corrected chi connectivity index (χ3v) is 5.35. The molecule has 0 bridgehead atoms. The average molecular weight is 290 g/mol. The Morgan fingerprint density at radius 1 is 1.29 bits per heavy atom. The van der Waals surface area contributed by atoms with Crippen molar-refractivity contribution in [3.8, 4) is 0 Å². The van der Waals surface area contributed by atoms with E-state index in [1.165, 1.54) is 24.9 Å². The van der Waals surface area contributed by atoms with E-state index in [-0.39, 0.29) is 11.9 Å². The SMILES string of the molecule is CCNC(C)c1cc(F)c(C)cc1N1CC2CCCC2C1. The van der Waals surface area contributed by atoms with Crippen LogP contribution >= 0.6 is 0 Å². The maximum atomic E-state index is 14.0. The molecule has 21 heavy (non-hydrogen) atoms. The second-order valence-corrected chi connectivity index (χ2v) is 6.80. The number of nitrogens with zero attached hydrogens (tertiary/aromatic N) is 1. The smallest absolute Gasteiger partial charge is 0.126 e. The van der Waals surface area contributed by atoms with Gasteiger partial charge in [-0.15, -0.1) is 0 Å².